The molecule has 0 atom stereocenters. The Hall–Kier alpha value is -2.49. The first-order valence-electron chi connectivity index (χ1n) is 19.9. The van der Waals surface area contributed by atoms with Crippen LogP contribution in [0.3, 0.4) is 0 Å². The Morgan fingerprint density at radius 1 is 0.426 bits per heavy atom. The molecule has 0 spiro atoms. The van der Waals surface area contributed by atoms with Gasteiger partial charge in [-0.3, -0.25) is 4.98 Å². The minimum Gasteiger partial charge on any atom is -0.490 e. The van der Waals surface area contributed by atoms with Crippen molar-refractivity contribution in [1.82, 2.24) is 4.98 Å². The third kappa shape index (κ3) is 20.5. The Morgan fingerprint density at radius 3 is 1.30 bits per heavy atom. The smallest absolute Gasteiger partial charge is 0.204 e. The van der Waals surface area contributed by atoms with Gasteiger partial charge in [-0.2, -0.15) is 0 Å². The van der Waals surface area contributed by atoms with Crippen LogP contribution in [0.4, 0.5) is 0 Å². The van der Waals surface area contributed by atoms with E-state index < -0.39 is 0 Å². The van der Waals surface area contributed by atoms with Crippen molar-refractivity contribution in [1.29, 1.82) is 0 Å². The summed E-state index contributed by atoms with van der Waals surface area (Å²) in [6.45, 7) is 8.94. The fraction of sp³-hybridized carbons (Fsp3) is 0.698. The van der Waals surface area contributed by atoms with E-state index in [-0.39, 0.29) is 0 Å². The van der Waals surface area contributed by atoms with Crippen molar-refractivity contribution in [2.75, 3.05) is 19.8 Å². The molecule has 0 aliphatic rings. The zero-order valence-corrected chi connectivity index (χ0v) is 30.9. The van der Waals surface area contributed by atoms with Gasteiger partial charge in [0.1, 0.15) is 0 Å². The fourth-order valence-electron chi connectivity index (χ4n) is 5.99. The van der Waals surface area contributed by atoms with Gasteiger partial charge in [-0.05, 0) is 49.1 Å². The van der Waals surface area contributed by atoms with Gasteiger partial charge in [-0.25, -0.2) is 0 Å². The van der Waals surface area contributed by atoms with Gasteiger partial charge in [0.05, 0.1) is 19.8 Å². The molecule has 0 radical (unpaired) electrons. The molecule has 0 aliphatic carbocycles. The van der Waals surface area contributed by atoms with Crippen LogP contribution in [0.5, 0.6) is 17.2 Å². The van der Waals surface area contributed by atoms with Gasteiger partial charge in [0.15, 0.2) is 11.5 Å². The highest BCUT2D eigenvalue weighted by atomic mass is 16.5. The number of unbranched alkanes of at least 4 members (excludes halogenated alkanes) is 21. The van der Waals surface area contributed by atoms with Gasteiger partial charge in [0.25, 0.3) is 0 Å². The molecule has 0 amide bonds. The number of ether oxygens (including phenoxy) is 3. The lowest BCUT2D eigenvalue weighted by atomic mass is 10.1. The molecular formula is C43H71NO3. The molecule has 1 heterocycles. The molecular weight excluding hydrogens is 578 g/mol. The standard InChI is InChI=1S/C43H71NO3/c1-4-7-10-13-16-19-22-25-36-45-41-31-30-40(29-28-39-32-34-44-35-33-39)42(46-37-26-23-20-17-14-11-8-5-2)43(41)47-38-27-24-21-18-15-12-9-6-3/h28-35H,4-27,36-38H2,1-3H3/b29-28+. The number of aromatic nitrogens is 1. The molecule has 47 heavy (non-hydrogen) atoms. The first-order valence-corrected chi connectivity index (χ1v) is 19.9. The summed E-state index contributed by atoms with van der Waals surface area (Å²) in [4.78, 5) is 4.17. The van der Waals surface area contributed by atoms with E-state index in [2.05, 4.69) is 50.0 Å². The average Bonchev–Trinajstić information content (AvgIpc) is 3.10. The van der Waals surface area contributed by atoms with Gasteiger partial charge in [-0.1, -0.05) is 168 Å². The van der Waals surface area contributed by atoms with Crippen LogP contribution in [0.15, 0.2) is 36.7 Å². The topological polar surface area (TPSA) is 40.6 Å². The first kappa shape index (κ1) is 40.7. The number of nitrogens with zero attached hydrogens (tertiary/aromatic N) is 1. The zero-order chi connectivity index (χ0) is 33.5. The lowest BCUT2D eigenvalue weighted by Gasteiger charge is -2.19. The highest BCUT2D eigenvalue weighted by Crippen LogP contribution is 2.42. The van der Waals surface area contributed by atoms with E-state index in [1.165, 1.54) is 135 Å². The SMILES string of the molecule is CCCCCCCCCCOc1ccc(/C=C/c2ccncc2)c(OCCCCCCCCCC)c1OCCCCCCCCCC. The van der Waals surface area contributed by atoms with Crippen molar-refractivity contribution < 1.29 is 14.2 Å². The summed E-state index contributed by atoms with van der Waals surface area (Å²) in [5.74, 6) is 2.43. The summed E-state index contributed by atoms with van der Waals surface area (Å²) in [7, 11) is 0. The normalized spacial score (nSPS) is 11.4. The predicted molar refractivity (Wildman–Crippen MR) is 204 cm³/mol. The zero-order valence-electron chi connectivity index (χ0n) is 30.9. The third-order valence-electron chi connectivity index (χ3n) is 9.01. The van der Waals surface area contributed by atoms with E-state index in [0.29, 0.717) is 19.8 Å². The molecule has 0 fully saturated rings. The van der Waals surface area contributed by atoms with Crippen LogP contribution in [-0.4, -0.2) is 24.8 Å². The molecule has 0 saturated carbocycles. The van der Waals surface area contributed by atoms with Crippen LogP contribution < -0.4 is 14.2 Å². The van der Waals surface area contributed by atoms with Crippen LogP contribution in [0.1, 0.15) is 186 Å². The van der Waals surface area contributed by atoms with E-state index in [0.717, 1.165) is 47.6 Å². The van der Waals surface area contributed by atoms with E-state index in [9.17, 15) is 0 Å². The van der Waals surface area contributed by atoms with E-state index in [1.807, 2.05) is 24.5 Å². The van der Waals surface area contributed by atoms with Crippen molar-refractivity contribution in [3.63, 3.8) is 0 Å². The summed E-state index contributed by atoms with van der Waals surface area (Å²) in [5, 5.41) is 0. The molecule has 2 aromatic rings. The maximum Gasteiger partial charge on any atom is 0.204 e. The van der Waals surface area contributed by atoms with Crippen LogP contribution >= 0.6 is 0 Å². The van der Waals surface area contributed by atoms with Crippen LogP contribution in [0.2, 0.25) is 0 Å². The van der Waals surface area contributed by atoms with Gasteiger partial charge in [-0.15, -0.1) is 0 Å². The molecule has 1 aromatic carbocycles. The van der Waals surface area contributed by atoms with E-state index in [4.69, 9.17) is 14.2 Å². The molecule has 0 saturated heterocycles. The highest BCUT2D eigenvalue weighted by molar-refractivity contribution is 5.75. The Labute approximate surface area is 290 Å². The van der Waals surface area contributed by atoms with Crippen molar-refractivity contribution >= 4 is 12.2 Å². The predicted octanol–water partition coefficient (Wildman–Crippen LogP) is 13.8. The molecule has 0 unspecified atom stereocenters. The van der Waals surface area contributed by atoms with Gasteiger partial charge in [0.2, 0.25) is 5.75 Å². The van der Waals surface area contributed by atoms with Gasteiger partial charge >= 0.3 is 0 Å². The highest BCUT2D eigenvalue weighted by Gasteiger charge is 2.17. The Morgan fingerprint density at radius 2 is 0.830 bits per heavy atom. The number of benzene rings is 1. The quantitative estimate of drug-likeness (QED) is 0.0740. The van der Waals surface area contributed by atoms with Crippen LogP contribution in [-0.2, 0) is 0 Å². The van der Waals surface area contributed by atoms with Crippen molar-refractivity contribution in [3.05, 3.63) is 47.8 Å². The maximum atomic E-state index is 6.60. The Bertz CT molecular complexity index is 1010. The Kier molecular flexibility index (Phi) is 25.7. The lowest BCUT2D eigenvalue weighted by molar-refractivity contribution is 0.234. The summed E-state index contributed by atoms with van der Waals surface area (Å²) in [5.41, 5.74) is 2.15. The summed E-state index contributed by atoms with van der Waals surface area (Å²) in [6.07, 6.45) is 38.8. The molecule has 1 aromatic heterocycles. The average molecular weight is 650 g/mol. The molecule has 0 bridgehead atoms. The number of rotatable bonds is 32. The Balaban J connectivity index is 2.07. The third-order valence-corrected chi connectivity index (χ3v) is 9.01. The number of hydrogen-bond acceptors (Lipinski definition) is 4. The lowest BCUT2D eigenvalue weighted by Crippen LogP contribution is -2.07. The van der Waals surface area contributed by atoms with Crippen LogP contribution in [0, 0.1) is 0 Å². The first-order chi connectivity index (χ1) is 23.3. The summed E-state index contributed by atoms with van der Waals surface area (Å²) >= 11 is 0. The second kappa shape index (κ2) is 29.6. The largest absolute Gasteiger partial charge is 0.490 e. The molecule has 4 nitrogen and oxygen atoms in total. The molecule has 4 heteroatoms. The minimum atomic E-state index is 0.689. The van der Waals surface area contributed by atoms with Gasteiger partial charge < -0.3 is 14.2 Å². The molecule has 0 aliphatic heterocycles. The summed E-state index contributed by atoms with van der Waals surface area (Å²) in [6, 6.07) is 8.27. The van der Waals surface area contributed by atoms with E-state index >= 15 is 0 Å². The maximum absolute atomic E-state index is 6.60. The van der Waals surface area contributed by atoms with E-state index in [1.54, 1.807) is 0 Å². The second-order valence-corrected chi connectivity index (χ2v) is 13.4. The van der Waals surface area contributed by atoms with Crippen LogP contribution in [0.25, 0.3) is 12.2 Å². The van der Waals surface area contributed by atoms with Gasteiger partial charge in [0, 0.05) is 18.0 Å². The summed E-state index contributed by atoms with van der Waals surface area (Å²) < 4.78 is 19.6. The minimum absolute atomic E-state index is 0.689. The molecule has 266 valence electrons. The monoisotopic (exact) mass is 650 g/mol. The number of hydrogen-bond donors (Lipinski definition) is 0. The molecule has 2 rings (SSSR count). The van der Waals surface area contributed by atoms with Crippen molar-refractivity contribution in [2.24, 2.45) is 0 Å². The van der Waals surface area contributed by atoms with Crippen molar-refractivity contribution in [2.45, 2.75) is 175 Å². The molecule has 0 N–H and O–H groups in total. The fourth-order valence-corrected chi connectivity index (χ4v) is 5.99. The second-order valence-electron chi connectivity index (χ2n) is 13.4. The van der Waals surface area contributed by atoms with Crippen molar-refractivity contribution in [3.8, 4) is 17.2 Å². The number of pyridine rings is 1.